The Hall–Kier alpha value is -0.340. The van der Waals surface area contributed by atoms with Gasteiger partial charge < -0.3 is 10.2 Å². The summed E-state index contributed by atoms with van der Waals surface area (Å²) in [5.41, 5.74) is 1.94. The van der Waals surface area contributed by atoms with Crippen LogP contribution >= 0.6 is 0 Å². The number of fused-ring (bicyclic) bond motifs is 5. The summed E-state index contributed by atoms with van der Waals surface area (Å²) in [6.45, 7) is 7.21. The molecule has 0 unspecified atom stereocenters. The Morgan fingerprint density at radius 2 is 1.91 bits per heavy atom. The highest BCUT2D eigenvalue weighted by Crippen LogP contribution is 2.67. The fourth-order valence-corrected chi connectivity index (χ4v) is 7.61. The number of aliphatic hydroxyl groups excluding tert-OH is 2. The van der Waals surface area contributed by atoms with Gasteiger partial charge in [-0.25, -0.2) is 0 Å². The maximum Gasteiger partial charge on any atom is 0.0724 e. The predicted molar refractivity (Wildman–Crippen MR) is 92.9 cm³/mol. The lowest BCUT2D eigenvalue weighted by atomic mass is 9.46. The van der Waals surface area contributed by atoms with Crippen LogP contribution in [0.3, 0.4) is 0 Å². The second kappa shape index (κ2) is 5.33. The van der Waals surface area contributed by atoms with E-state index in [1.54, 1.807) is 0 Å². The summed E-state index contributed by atoms with van der Waals surface area (Å²) in [6, 6.07) is 0. The smallest absolute Gasteiger partial charge is 0.0724 e. The summed E-state index contributed by atoms with van der Waals surface area (Å²) in [6.07, 6.45) is 11.0. The van der Waals surface area contributed by atoms with Crippen molar-refractivity contribution in [3.05, 3.63) is 11.6 Å². The molecule has 4 rings (SSSR count). The van der Waals surface area contributed by atoms with E-state index in [4.69, 9.17) is 0 Å². The van der Waals surface area contributed by atoms with Gasteiger partial charge in [0.05, 0.1) is 12.2 Å². The molecule has 8 atom stereocenters. The Morgan fingerprint density at radius 1 is 1.13 bits per heavy atom. The molecule has 0 aliphatic heterocycles. The molecule has 0 saturated heterocycles. The molecule has 23 heavy (non-hydrogen) atoms. The molecule has 3 fully saturated rings. The molecule has 0 amide bonds. The van der Waals surface area contributed by atoms with E-state index in [2.05, 4.69) is 26.8 Å². The first-order valence-corrected chi connectivity index (χ1v) is 9.97. The minimum atomic E-state index is -0.253. The Bertz CT molecular complexity index is 512. The van der Waals surface area contributed by atoms with Crippen LogP contribution in [-0.4, -0.2) is 22.4 Å². The van der Waals surface area contributed by atoms with Gasteiger partial charge in [0.25, 0.3) is 0 Å². The molecule has 2 heteroatoms. The second-order valence-corrected chi connectivity index (χ2v) is 9.51. The Morgan fingerprint density at radius 3 is 2.65 bits per heavy atom. The summed E-state index contributed by atoms with van der Waals surface area (Å²) < 4.78 is 0. The third-order valence-electron chi connectivity index (χ3n) is 8.71. The SMILES string of the molecule is CC[C@H]1CC[C@H]2[C@@H]3CCC4=C[C@@H](O)CC[C@]4(C)[C@H]3[C@@H](O)C[C@]12C. The molecule has 0 heterocycles. The zero-order valence-electron chi connectivity index (χ0n) is 15.1. The summed E-state index contributed by atoms with van der Waals surface area (Å²) in [5, 5.41) is 21.3. The fraction of sp³-hybridized carbons (Fsp3) is 0.905. The number of aliphatic hydroxyl groups is 2. The molecule has 130 valence electrons. The van der Waals surface area contributed by atoms with E-state index in [0.717, 1.165) is 37.5 Å². The summed E-state index contributed by atoms with van der Waals surface area (Å²) in [4.78, 5) is 0. The van der Waals surface area contributed by atoms with Crippen molar-refractivity contribution in [1.29, 1.82) is 0 Å². The van der Waals surface area contributed by atoms with Crippen molar-refractivity contribution in [3.8, 4) is 0 Å². The number of rotatable bonds is 1. The van der Waals surface area contributed by atoms with Crippen molar-refractivity contribution >= 4 is 0 Å². The van der Waals surface area contributed by atoms with E-state index >= 15 is 0 Å². The highest BCUT2D eigenvalue weighted by atomic mass is 16.3. The Labute approximate surface area is 141 Å². The summed E-state index contributed by atoms with van der Waals surface area (Å²) >= 11 is 0. The first-order chi connectivity index (χ1) is 10.9. The zero-order chi connectivity index (χ0) is 16.4. The Balaban J connectivity index is 1.71. The maximum atomic E-state index is 11.2. The van der Waals surface area contributed by atoms with Crippen molar-refractivity contribution < 1.29 is 10.2 Å². The molecule has 3 saturated carbocycles. The predicted octanol–water partition coefficient (Wildman–Crippen LogP) is 4.31. The number of hydrogen-bond acceptors (Lipinski definition) is 2. The van der Waals surface area contributed by atoms with Gasteiger partial charge in [-0.2, -0.15) is 0 Å². The zero-order valence-corrected chi connectivity index (χ0v) is 15.1. The average Bonchev–Trinajstić information content (AvgIpc) is 2.83. The van der Waals surface area contributed by atoms with Gasteiger partial charge in [0, 0.05) is 0 Å². The van der Waals surface area contributed by atoms with Gasteiger partial charge in [-0.1, -0.05) is 38.8 Å². The first kappa shape index (κ1) is 16.1. The van der Waals surface area contributed by atoms with Gasteiger partial charge in [-0.15, -0.1) is 0 Å². The van der Waals surface area contributed by atoms with Gasteiger partial charge in [0.15, 0.2) is 0 Å². The molecule has 2 N–H and O–H groups in total. The third-order valence-corrected chi connectivity index (χ3v) is 8.71. The largest absolute Gasteiger partial charge is 0.393 e. The normalized spacial score (nSPS) is 55.6. The molecular weight excluding hydrogens is 284 g/mol. The molecule has 0 radical (unpaired) electrons. The van der Waals surface area contributed by atoms with Crippen molar-refractivity contribution in [2.45, 2.75) is 84.3 Å². The molecule has 0 aromatic heterocycles. The molecule has 2 nitrogen and oxygen atoms in total. The van der Waals surface area contributed by atoms with Crippen LogP contribution in [0.25, 0.3) is 0 Å². The van der Waals surface area contributed by atoms with Gasteiger partial charge in [0.1, 0.15) is 0 Å². The van der Waals surface area contributed by atoms with Crippen LogP contribution in [-0.2, 0) is 0 Å². The molecule has 0 spiro atoms. The lowest BCUT2D eigenvalue weighted by Gasteiger charge is -2.60. The highest BCUT2D eigenvalue weighted by molar-refractivity contribution is 5.26. The van der Waals surface area contributed by atoms with Crippen LogP contribution in [0.15, 0.2) is 11.6 Å². The van der Waals surface area contributed by atoms with Crippen molar-refractivity contribution in [2.24, 2.45) is 34.5 Å². The monoisotopic (exact) mass is 318 g/mol. The fourth-order valence-electron chi connectivity index (χ4n) is 7.61. The van der Waals surface area contributed by atoms with E-state index in [1.165, 1.54) is 31.3 Å². The van der Waals surface area contributed by atoms with Crippen molar-refractivity contribution in [3.63, 3.8) is 0 Å². The molecule has 0 aromatic rings. The van der Waals surface area contributed by atoms with E-state index in [-0.39, 0.29) is 17.6 Å². The van der Waals surface area contributed by atoms with Crippen LogP contribution in [0, 0.1) is 34.5 Å². The average molecular weight is 319 g/mol. The lowest BCUT2D eigenvalue weighted by Crippen LogP contribution is -2.56. The highest BCUT2D eigenvalue weighted by Gasteiger charge is 2.61. The molecule has 0 bridgehead atoms. The van der Waals surface area contributed by atoms with Crippen molar-refractivity contribution in [2.75, 3.05) is 0 Å². The van der Waals surface area contributed by atoms with Crippen molar-refractivity contribution in [1.82, 2.24) is 0 Å². The van der Waals surface area contributed by atoms with Crippen LogP contribution in [0.2, 0.25) is 0 Å². The number of hydrogen-bond donors (Lipinski definition) is 2. The molecule has 0 aromatic carbocycles. The topological polar surface area (TPSA) is 40.5 Å². The molecular formula is C21H34O2. The maximum absolute atomic E-state index is 11.2. The van der Waals surface area contributed by atoms with Crippen LogP contribution in [0.5, 0.6) is 0 Å². The minimum Gasteiger partial charge on any atom is -0.393 e. The minimum absolute atomic E-state index is 0.132. The standard InChI is InChI=1S/C21H34O2/c1-4-13-6-8-17-16-7-5-14-11-15(22)9-10-20(14,2)19(16)18(23)12-21(13,17)3/h11,13,15-19,22-23H,4-10,12H2,1-3H3/t13-,15-,16-,17-,18-,19+,20-,21+/m0/s1. The quantitative estimate of drug-likeness (QED) is 0.707. The summed E-state index contributed by atoms with van der Waals surface area (Å²) in [7, 11) is 0. The Kier molecular flexibility index (Phi) is 3.74. The van der Waals surface area contributed by atoms with E-state index in [9.17, 15) is 10.2 Å². The molecule has 4 aliphatic rings. The third kappa shape index (κ3) is 2.13. The van der Waals surface area contributed by atoms with Gasteiger partial charge in [-0.05, 0) is 79.4 Å². The van der Waals surface area contributed by atoms with E-state index in [1.807, 2.05) is 0 Å². The first-order valence-electron chi connectivity index (χ1n) is 9.97. The summed E-state index contributed by atoms with van der Waals surface area (Å²) in [5.74, 6) is 2.73. The van der Waals surface area contributed by atoms with Gasteiger partial charge in [0.2, 0.25) is 0 Å². The number of allylic oxidation sites excluding steroid dienone is 1. The molecule has 4 aliphatic carbocycles. The lowest BCUT2D eigenvalue weighted by molar-refractivity contribution is -0.130. The van der Waals surface area contributed by atoms with Gasteiger partial charge >= 0.3 is 0 Å². The van der Waals surface area contributed by atoms with Crippen LogP contribution < -0.4 is 0 Å². The van der Waals surface area contributed by atoms with E-state index in [0.29, 0.717) is 17.3 Å². The van der Waals surface area contributed by atoms with Crippen LogP contribution in [0.4, 0.5) is 0 Å². The second-order valence-electron chi connectivity index (χ2n) is 9.51. The van der Waals surface area contributed by atoms with E-state index < -0.39 is 0 Å². The van der Waals surface area contributed by atoms with Crippen LogP contribution in [0.1, 0.15) is 72.1 Å². The van der Waals surface area contributed by atoms with Gasteiger partial charge in [-0.3, -0.25) is 0 Å².